The van der Waals surface area contributed by atoms with Gasteiger partial charge in [-0.25, -0.2) is 14.4 Å². The lowest BCUT2D eigenvalue weighted by molar-refractivity contribution is 0.111. The minimum Gasteiger partial charge on any atom is -0.369 e. The van der Waals surface area contributed by atoms with Gasteiger partial charge in [-0.1, -0.05) is 23.9 Å². The number of halogens is 1. The molecule has 0 aliphatic rings. The van der Waals surface area contributed by atoms with Crippen molar-refractivity contribution in [3.05, 3.63) is 41.6 Å². The molecule has 0 fully saturated rings. The van der Waals surface area contributed by atoms with E-state index in [1.54, 1.807) is 25.1 Å². The fraction of sp³-hybridized carbons (Fsp3) is 0.214. The van der Waals surface area contributed by atoms with Crippen LogP contribution in [0.25, 0.3) is 0 Å². The number of rotatable bonds is 5. The van der Waals surface area contributed by atoms with E-state index < -0.39 is 0 Å². The minimum atomic E-state index is -0.293. The maximum Gasteiger partial charge on any atom is 0.194 e. The quantitative estimate of drug-likeness (QED) is 0.856. The number of anilines is 1. The lowest BCUT2D eigenvalue weighted by Gasteiger charge is -2.12. The maximum absolute atomic E-state index is 13.7. The number of hydrogen-bond acceptors (Lipinski definition) is 5. The fourth-order valence-electron chi connectivity index (χ4n) is 1.68. The third kappa shape index (κ3) is 3.14. The number of benzene rings is 1. The van der Waals surface area contributed by atoms with Crippen LogP contribution in [0.2, 0.25) is 0 Å². The molecule has 0 saturated heterocycles. The monoisotopic (exact) mass is 291 g/mol. The number of aromatic nitrogens is 2. The summed E-state index contributed by atoms with van der Waals surface area (Å²) in [5.41, 5.74) is 0.645. The molecule has 0 aliphatic carbocycles. The van der Waals surface area contributed by atoms with E-state index in [4.69, 9.17) is 0 Å². The number of hydrogen-bond donors (Lipinski definition) is 1. The van der Waals surface area contributed by atoms with E-state index in [1.165, 1.54) is 17.8 Å². The first kappa shape index (κ1) is 14.5. The van der Waals surface area contributed by atoms with E-state index in [1.807, 2.05) is 6.92 Å². The molecule has 0 unspecified atom stereocenters. The molecule has 20 heavy (non-hydrogen) atoms. The SMILES string of the molecule is CCNc1nc(C=O)nc(C)c1Sc1ccccc1F. The third-order valence-electron chi connectivity index (χ3n) is 2.55. The van der Waals surface area contributed by atoms with E-state index in [0.717, 1.165) is 4.90 Å². The van der Waals surface area contributed by atoms with E-state index in [9.17, 15) is 9.18 Å². The molecule has 0 aliphatic heterocycles. The molecule has 2 aromatic rings. The summed E-state index contributed by atoms with van der Waals surface area (Å²) >= 11 is 1.25. The van der Waals surface area contributed by atoms with Crippen molar-refractivity contribution in [1.29, 1.82) is 0 Å². The van der Waals surface area contributed by atoms with Crippen molar-refractivity contribution in [3.8, 4) is 0 Å². The van der Waals surface area contributed by atoms with Crippen molar-refractivity contribution in [2.45, 2.75) is 23.6 Å². The average molecular weight is 291 g/mol. The molecule has 4 nitrogen and oxygen atoms in total. The van der Waals surface area contributed by atoms with E-state index >= 15 is 0 Å². The van der Waals surface area contributed by atoms with Crippen LogP contribution in [0.1, 0.15) is 23.2 Å². The number of nitrogens with one attached hydrogen (secondary N) is 1. The predicted molar refractivity (Wildman–Crippen MR) is 76.8 cm³/mol. The molecule has 0 spiro atoms. The van der Waals surface area contributed by atoms with Crippen LogP contribution in [-0.4, -0.2) is 22.8 Å². The van der Waals surface area contributed by atoms with Crippen molar-refractivity contribution in [3.63, 3.8) is 0 Å². The van der Waals surface area contributed by atoms with Crippen molar-refractivity contribution in [2.75, 3.05) is 11.9 Å². The van der Waals surface area contributed by atoms with Gasteiger partial charge in [0.25, 0.3) is 0 Å². The first-order valence-corrected chi connectivity index (χ1v) is 6.97. The van der Waals surface area contributed by atoms with Crippen LogP contribution in [0, 0.1) is 12.7 Å². The van der Waals surface area contributed by atoms with Gasteiger partial charge in [-0.2, -0.15) is 0 Å². The van der Waals surface area contributed by atoms with Crippen LogP contribution >= 0.6 is 11.8 Å². The predicted octanol–water partition coefficient (Wildman–Crippen LogP) is 3.32. The van der Waals surface area contributed by atoms with Gasteiger partial charge in [0.15, 0.2) is 12.1 Å². The molecule has 0 radical (unpaired) electrons. The Morgan fingerprint density at radius 1 is 1.35 bits per heavy atom. The highest BCUT2D eigenvalue weighted by molar-refractivity contribution is 7.99. The average Bonchev–Trinajstić information content (AvgIpc) is 2.44. The number of aldehydes is 1. The summed E-state index contributed by atoms with van der Waals surface area (Å²) in [7, 11) is 0. The second kappa shape index (κ2) is 6.47. The van der Waals surface area contributed by atoms with Gasteiger partial charge < -0.3 is 5.32 Å². The van der Waals surface area contributed by atoms with Gasteiger partial charge in [0, 0.05) is 11.4 Å². The van der Waals surface area contributed by atoms with Crippen LogP contribution in [0.3, 0.4) is 0 Å². The van der Waals surface area contributed by atoms with E-state index in [2.05, 4.69) is 15.3 Å². The Morgan fingerprint density at radius 3 is 2.75 bits per heavy atom. The Hall–Kier alpha value is -1.95. The first-order chi connectivity index (χ1) is 9.65. The van der Waals surface area contributed by atoms with Gasteiger partial charge >= 0.3 is 0 Å². The molecule has 1 aromatic carbocycles. The standard InChI is InChI=1S/C14H14FN3OS/c1-3-16-14-13(9(2)17-12(8-19)18-14)20-11-7-5-4-6-10(11)15/h4-8H,3H2,1-2H3,(H,16,17,18). The zero-order valence-corrected chi connectivity index (χ0v) is 12.0. The zero-order chi connectivity index (χ0) is 14.5. The number of carbonyl (C=O) groups is 1. The normalized spacial score (nSPS) is 10.3. The van der Waals surface area contributed by atoms with Crippen LogP contribution in [-0.2, 0) is 0 Å². The van der Waals surface area contributed by atoms with Crippen LogP contribution in [0.4, 0.5) is 10.2 Å². The summed E-state index contributed by atoms with van der Waals surface area (Å²) in [6.45, 7) is 4.36. The highest BCUT2D eigenvalue weighted by Crippen LogP contribution is 2.35. The van der Waals surface area contributed by atoms with E-state index in [-0.39, 0.29) is 11.6 Å². The van der Waals surface area contributed by atoms with Crippen LogP contribution < -0.4 is 5.32 Å². The largest absolute Gasteiger partial charge is 0.369 e. The second-order valence-electron chi connectivity index (χ2n) is 4.03. The highest BCUT2D eigenvalue weighted by Gasteiger charge is 2.14. The topological polar surface area (TPSA) is 54.9 Å². The Morgan fingerprint density at radius 2 is 2.10 bits per heavy atom. The van der Waals surface area contributed by atoms with Crippen LogP contribution in [0.5, 0.6) is 0 Å². The Bertz CT molecular complexity index is 634. The smallest absolute Gasteiger partial charge is 0.194 e. The van der Waals surface area contributed by atoms with Crippen LogP contribution in [0.15, 0.2) is 34.1 Å². The molecule has 1 N–H and O–H groups in total. The molecule has 1 aromatic heterocycles. The maximum atomic E-state index is 13.7. The highest BCUT2D eigenvalue weighted by atomic mass is 32.2. The molecule has 0 bridgehead atoms. The number of carbonyl (C=O) groups excluding carboxylic acids is 1. The number of nitrogens with zero attached hydrogens (tertiary/aromatic N) is 2. The van der Waals surface area contributed by atoms with Gasteiger partial charge in [0.1, 0.15) is 11.6 Å². The Kier molecular flexibility index (Phi) is 4.68. The van der Waals surface area contributed by atoms with E-state index in [0.29, 0.717) is 29.2 Å². The summed E-state index contributed by atoms with van der Waals surface area (Å²) < 4.78 is 13.7. The van der Waals surface area contributed by atoms with Gasteiger partial charge in [-0.3, -0.25) is 4.79 Å². The number of aryl methyl sites for hydroxylation is 1. The summed E-state index contributed by atoms with van der Waals surface area (Å²) in [5, 5.41) is 3.08. The van der Waals surface area contributed by atoms with Crippen molar-refractivity contribution < 1.29 is 9.18 Å². The first-order valence-electron chi connectivity index (χ1n) is 6.15. The molecule has 1 heterocycles. The molecule has 104 valence electrons. The molecule has 0 atom stereocenters. The fourth-order valence-corrected chi connectivity index (χ4v) is 2.62. The molecule has 2 rings (SSSR count). The Labute approximate surface area is 120 Å². The second-order valence-corrected chi connectivity index (χ2v) is 5.08. The third-order valence-corrected chi connectivity index (χ3v) is 3.79. The van der Waals surface area contributed by atoms with Gasteiger partial charge in [0.2, 0.25) is 0 Å². The molecule has 0 saturated carbocycles. The van der Waals surface area contributed by atoms with Crippen molar-refractivity contribution in [1.82, 2.24) is 9.97 Å². The van der Waals surface area contributed by atoms with Gasteiger partial charge in [-0.15, -0.1) is 0 Å². The van der Waals surface area contributed by atoms with Crippen molar-refractivity contribution >= 4 is 23.9 Å². The lowest BCUT2D eigenvalue weighted by Crippen LogP contribution is -2.07. The Balaban J connectivity index is 2.44. The van der Waals surface area contributed by atoms with Gasteiger partial charge in [0.05, 0.1) is 10.6 Å². The lowest BCUT2D eigenvalue weighted by atomic mass is 10.3. The molecule has 6 heteroatoms. The summed E-state index contributed by atoms with van der Waals surface area (Å²) in [6, 6.07) is 6.52. The van der Waals surface area contributed by atoms with Crippen molar-refractivity contribution in [2.24, 2.45) is 0 Å². The minimum absolute atomic E-state index is 0.122. The molecular weight excluding hydrogens is 277 g/mol. The summed E-state index contributed by atoms with van der Waals surface area (Å²) in [5.74, 6) is 0.380. The van der Waals surface area contributed by atoms with Gasteiger partial charge in [-0.05, 0) is 26.0 Å². The molecular formula is C14H14FN3OS. The summed E-state index contributed by atoms with van der Waals surface area (Å²) in [6.07, 6.45) is 0.603. The summed E-state index contributed by atoms with van der Waals surface area (Å²) in [4.78, 5) is 20.3. The zero-order valence-electron chi connectivity index (χ0n) is 11.2. The molecule has 0 amide bonds.